The number of para-hydroxylation sites is 1. The number of imide groups is 1. The van der Waals surface area contributed by atoms with Crippen LogP contribution >= 0.6 is 0 Å². The molecule has 7 heteroatoms. The topological polar surface area (TPSA) is 65.3 Å². The first-order chi connectivity index (χ1) is 12.5. The fourth-order valence-corrected chi connectivity index (χ4v) is 3.37. The van der Waals surface area contributed by atoms with Crippen molar-refractivity contribution in [2.24, 2.45) is 10.3 Å². The fraction of sp³-hybridized carbons (Fsp3) is 0.263. The molecule has 2 aliphatic heterocycles. The molecule has 0 aliphatic carbocycles. The van der Waals surface area contributed by atoms with E-state index in [9.17, 15) is 14.0 Å². The van der Waals surface area contributed by atoms with Gasteiger partial charge in [-0.05, 0) is 42.7 Å². The summed E-state index contributed by atoms with van der Waals surface area (Å²) in [6.45, 7) is 3.63. The van der Waals surface area contributed by atoms with Crippen molar-refractivity contribution in [1.29, 1.82) is 0 Å². The van der Waals surface area contributed by atoms with Crippen LogP contribution in [-0.4, -0.2) is 23.9 Å². The highest BCUT2D eigenvalue weighted by atomic mass is 19.1. The van der Waals surface area contributed by atoms with Gasteiger partial charge >= 0.3 is 0 Å². The highest BCUT2D eigenvalue weighted by Gasteiger charge is 2.55. The molecule has 2 atom stereocenters. The average Bonchev–Trinajstić information content (AvgIpc) is 3.18. The van der Waals surface area contributed by atoms with Gasteiger partial charge < -0.3 is 0 Å². The maximum absolute atomic E-state index is 13.9. The van der Waals surface area contributed by atoms with Gasteiger partial charge in [0.05, 0.1) is 11.4 Å². The van der Waals surface area contributed by atoms with Gasteiger partial charge in [0, 0.05) is 0 Å². The summed E-state index contributed by atoms with van der Waals surface area (Å²) in [5, 5.41) is 9.61. The second kappa shape index (κ2) is 6.01. The second-order valence-electron chi connectivity index (χ2n) is 6.37. The monoisotopic (exact) mass is 352 g/mol. The zero-order chi connectivity index (χ0) is 18.4. The first kappa shape index (κ1) is 16.4. The van der Waals surface area contributed by atoms with Crippen LogP contribution in [-0.2, 0) is 16.0 Å². The van der Waals surface area contributed by atoms with Gasteiger partial charge in [-0.15, -0.1) is 0 Å². The molecular formula is C19H17FN4O2. The summed E-state index contributed by atoms with van der Waals surface area (Å²) in [6, 6.07) is 10.1. The number of anilines is 2. The lowest BCUT2D eigenvalue weighted by Crippen LogP contribution is -2.40. The number of benzene rings is 2. The molecule has 4 rings (SSSR count). The molecular weight excluding hydrogens is 335 g/mol. The SMILES string of the molecule is CCc1ccccc1N1N=N[C@H]2C(=O)N(c3ccc(C)c(F)c3)C(=O)[C@@H]21. The summed E-state index contributed by atoms with van der Waals surface area (Å²) in [7, 11) is 0. The van der Waals surface area contributed by atoms with E-state index in [1.54, 1.807) is 19.1 Å². The van der Waals surface area contributed by atoms with Crippen molar-refractivity contribution in [2.45, 2.75) is 32.4 Å². The van der Waals surface area contributed by atoms with Gasteiger partial charge in [0.15, 0.2) is 12.1 Å². The minimum Gasteiger partial charge on any atom is -0.271 e. The van der Waals surface area contributed by atoms with Crippen LogP contribution in [0.3, 0.4) is 0 Å². The molecule has 0 radical (unpaired) electrons. The maximum Gasteiger partial charge on any atom is 0.263 e. The third kappa shape index (κ3) is 2.31. The van der Waals surface area contributed by atoms with Crippen molar-refractivity contribution in [1.82, 2.24) is 0 Å². The average molecular weight is 352 g/mol. The van der Waals surface area contributed by atoms with Crippen LogP contribution < -0.4 is 9.91 Å². The third-order valence-corrected chi connectivity index (χ3v) is 4.81. The minimum absolute atomic E-state index is 0.219. The van der Waals surface area contributed by atoms with Crippen LogP contribution in [0.25, 0.3) is 0 Å². The molecule has 2 aromatic rings. The number of carbonyl (C=O) groups excluding carboxylic acids is 2. The molecule has 1 saturated heterocycles. The summed E-state index contributed by atoms with van der Waals surface area (Å²) in [4.78, 5) is 26.7. The predicted octanol–water partition coefficient (Wildman–Crippen LogP) is 3.19. The van der Waals surface area contributed by atoms with Crippen LogP contribution in [0.4, 0.5) is 15.8 Å². The Labute approximate surface area is 149 Å². The van der Waals surface area contributed by atoms with Crippen molar-refractivity contribution >= 4 is 23.2 Å². The molecule has 0 N–H and O–H groups in total. The fourth-order valence-electron chi connectivity index (χ4n) is 3.37. The van der Waals surface area contributed by atoms with Crippen LogP contribution in [0, 0.1) is 12.7 Å². The number of hydrogen-bond donors (Lipinski definition) is 0. The van der Waals surface area contributed by atoms with E-state index in [0.29, 0.717) is 5.56 Å². The molecule has 2 aromatic carbocycles. The van der Waals surface area contributed by atoms with Gasteiger partial charge in [-0.3, -0.25) is 9.59 Å². The molecule has 0 bridgehead atoms. The van der Waals surface area contributed by atoms with Gasteiger partial charge in [-0.1, -0.05) is 36.4 Å². The Bertz CT molecular complexity index is 943. The van der Waals surface area contributed by atoms with Crippen molar-refractivity contribution in [3.05, 3.63) is 59.4 Å². The van der Waals surface area contributed by atoms with E-state index >= 15 is 0 Å². The van der Waals surface area contributed by atoms with E-state index in [-0.39, 0.29) is 5.69 Å². The van der Waals surface area contributed by atoms with E-state index in [4.69, 9.17) is 0 Å². The molecule has 2 amide bonds. The molecule has 6 nitrogen and oxygen atoms in total. The third-order valence-electron chi connectivity index (χ3n) is 4.81. The Kier molecular flexibility index (Phi) is 3.79. The van der Waals surface area contributed by atoms with Crippen molar-refractivity contribution in [2.75, 3.05) is 9.91 Å². The number of carbonyl (C=O) groups is 2. The number of hydrogen-bond acceptors (Lipinski definition) is 5. The normalized spacial score (nSPS) is 21.7. The largest absolute Gasteiger partial charge is 0.271 e. The number of aryl methyl sites for hydroxylation is 2. The van der Waals surface area contributed by atoms with E-state index in [2.05, 4.69) is 10.3 Å². The van der Waals surface area contributed by atoms with Gasteiger partial charge in [0.1, 0.15) is 5.82 Å². The number of nitrogens with zero attached hydrogens (tertiary/aromatic N) is 4. The maximum atomic E-state index is 13.9. The first-order valence-corrected chi connectivity index (χ1v) is 8.44. The molecule has 2 heterocycles. The molecule has 26 heavy (non-hydrogen) atoms. The van der Waals surface area contributed by atoms with Crippen LogP contribution in [0.15, 0.2) is 52.8 Å². The van der Waals surface area contributed by atoms with Gasteiger partial charge in [0.25, 0.3) is 11.8 Å². The van der Waals surface area contributed by atoms with Gasteiger partial charge in [-0.25, -0.2) is 14.3 Å². The Hall–Kier alpha value is -3.09. The zero-order valence-electron chi connectivity index (χ0n) is 14.4. The van der Waals surface area contributed by atoms with E-state index in [0.717, 1.165) is 22.6 Å². The number of rotatable bonds is 3. The quantitative estimate of drug-likeness (QED) is 0.797. The summed E-state index contributed by atoms with van der Waals surface area (Å²) in [5.74, 6) is -1.39. The highest BCUT2D eigenvalue weighted by Crippen LogP contribution is 2.36. The molecule has 0 aromatic heterocycles. The summed E-state index contributed by atoms with van der Waals surface area (Å²) in [6.07, 6.45) is 0.759. The lowest BCUT2D eigenvalue weighted by atomic mass is 10.1. The van der Waals surface area contributed by atoms with Crippen LogP contribution in [0.1, 0.15) is 18.1 Å². The molecule has 132 valence electrons. The van der Waals surface area contributed by atoms with Gasteiger partial charge in [-0.2, -0.15) is 5.11 Å². The molecule has 2 aliphatic rings. The molecule has 0 saturated carbocycles. The summed E-state index contributed by atoms with van der Waals surface area (Å²) in [5.41, 5.74) is 2.43. The number of amides is 2. The summed E-state index contributed by atoms with van der Waals surface area (Å²) >= 11 is 0. The second-order valence-corrected chi connectivity index (χ2v) is 6.37. The lowest BCUT2D eigenvalue weighted by Gasteiger charge is -2.22. The van der Waals surface area contributed by atoms with Crippen LogP contribution in [0.2, 0.25) is 0 Å². The van der Waals surface area contributed by atoms with Crippen LogP contribution in [0.5, 0.6) is 0 Å². The van der Waals surface area contributed by atoms with Crippen molar-refractivity contribution in [3.8, 4) is 0 Å². The van der Waals surface area contributed by atoms with E-state index in [1.165, 1.54) is 11.1 Å². The standard InChI is InChI=1S/C19H17FN4O2/c1-3-12-6-4-5-7-15(12)24-17-16(21-22-24)18(25)23(19(17)26)13-9-8-11(2)14(20)10-13/h4-10,16-17H,3H2,1-2H3/t16-,17-/m1/s1. The minimum atomic E-state index is -0.906. The Morgan fingerprint density at radius 2 is 1.88 bits per heavy atom. The lowest BCUT2D eigenvalue weighted by molar-refractivity contribution is -0.121. The van der Waals surface area contributed by atoms with Crippen molar-refractivity contribution in [3.63, 3.8) is 0 Å². The Morgan fingerprint density at radius 3 is 2.62 bits per heavy atom. The van der Waals surface area contributed by atoms with Gasteiger partial charge in [0.2, 0.25) is 0 Å². The Balaban J connectivity index is 1.73. The predicted molar refractivity (Wildman–Crippen MR) is 94.4 cm³/mol. The molecule has 0 unspecified atom stereocenters. The zero-order valence-corrected chi connectivity index (χ0v) is 14.4. The summed E-state index contributed by atoms with van der Waals surface area (Å²) < 4.78 is 13.9. The Morgan fingerprint density at radius 1 is 1.12 bits per heavy atom. The van der Waals surface area contributed by atoms with E-state index < -0.39 is 29.7 Å². The van der Waals surface area contributed by atoms with Crippen molar-refractivity contribution < 1.29 is 14.0 Å². The number of fused-ring (bicyclic) bond motifs is 1. The first-order valence-electron chi connectivity index (χ1n) is 8.44. The smallest absolute Gasteiger partial charge is 0.263 e. The highest BCUT2D eigenvalue weighted by molar-refractivity contribution is 6.26. The molecule has 1 fully saturated rings. The number of halogens is 1. The molecule has 0 spiro atoms. The van der Waals surface area contributed by atoms with E-state index in [1.807, 2.05) is 31.2 Å².